The molecular weight excluding hydrogens is 449 g/mol. The summed E-state index contributed by atoms with van der Waals surface area (Å²) < 4.78 is 0. The van der Waals surface area contributed by atoms with Gasteiger partial charge >= 0.3 is 12.2 Å². The number of benzene rings is 1. The van der Waals surface area contributed by atoms with E-state index in [2.05, 4.69) is 33.3 Å². The van der Waals surface area contributed by atoms with Crippen molar-refractivity contribution in [1.82, 2.24) is 25.7 Å². The first kappa shape index (κ1) is 23.8. The monoisotopic (exact) mass is 473 g/mol. The Bertz CT molecular complexity index is 761. The molecule has 28 heavy (non-hydrogen) atoms. The normalized spacial score (nSPS) is 18.8. The number of hydrogen-bond donors (Lipinski definition) is 6. The van der Waals surface area contributed by atoms with E-state index in [0.29, 0.717) is 18.9 Å². The van der Waals surface area contributed by atoms with Crippen molar-refractivity contribution in [3.8, 4) is 11.4 Å². The van der Waals surface area contributed by atoms with Gasteiger partial charge in [0.15, 0.2) is 0 Å². The van der Waals surface area contributed by atoms with E-state index >= 15 is 0 Å². The number of nitrogens with one attached hydrogen (secondary N) is 3. The fraction of sp³-hybridized carbons (Fsp3) is 0.353. The molecule has 152 valence electrons. The minimum Gasteiger partial charge on any atom is -0.465 e. The van der Waals surface area contributed by atoms with E-state index in [-0.39, 0.29) is 17.1 Å². The first-order valence-electron chi connectivity index (χ1n) is 8.40. The third kappa shape index (κ3) is 7.81. The van der Waals surface area contributed by atoms with Gasteiger partial charge in [0.1, 0.15) is 12.0 Å². The number of rotatable bonds is 3. The summed E-state index contributed by atoms with van der Waals surface area (Å²) >= 11 is 4.14. The molecule has 0 aliphatic carbocycles. The SMILES string of the molecule is CC1CCN(NC(=O)O)C(NC(=O)O)C1.Sc1cnc(-c2ccccc2)[nH]1.[Se]. The summed E-state index contributed by atoms with van der Waals surface area (Å²) in [5.74, 6) is 1.24. The summed E-state index contributed by atoms with van der Waals surface area (Å²) in [6.45, 7) is 2.52. The molecule has 2 heterocycles. The van der Waals surface area contributed by atoms with Crippen molar-refractivity contribution < 1.29 is 19.8 Å². The molecule has 1 saturated heterocycles. The van der Waals surface area contributed by atoms with Crippen molar-refractivity contribution in [2.75, 3.05) is 6.54 Å². The fourth-order valence-corrected chi connectivity index (χ4v) is 2.90. The molecule has 2 radical (unpaired) electrons. The Morgan fingerprint density at radius 1 is 1.25 bits per heavy atom. The molecule has 1 aliphatic heterocycles. The molecule has 1 aliphatic rings. The molecule has 2 amide bonds. The summed E-state index contributed by atoms with van der Waals surface area (Å²) in [6, 6.07) is 9.96. The molecule has 0 spiro atoms. The van der Waals surface area contributed by atoms with Crippen LogP contribution < -0.4 is 10.7 Å². The summed E-state index contributed by atoms with van der Waals surface area (Å²) in [6.07, 6.45) is 0.339. The zero-order chi connectivity index (χ0) is 19.8. The Morgan fingerprint density at radius 3 is 2.46 bits per heavy atom. The smallest absolute Gasteiger partial charge is 0.419 e. The maximum atomic E-state index is 10.5. The fourth-order valence-electron chi connectivity index (χ4n) is 2.73. The number of H-pyrrole nitrogens is 1. The van der Waals surface area contributed by atoms with E-state index in [4.69, 9.17) is 10.2 Å². The molecule has 3 rings (SSSR count). The van der Waals surface area contributed by atoms with Crippen molar-refractivity contribution in [3.63, 3.8) is 0 Å². The predicted molar refractivity (Wildman–Crippen MR) is 108 cm³/mol. The molecule has 1 fully saturated rings. The summed E-state index contributed by atoms with van der Waals surface area (Å²) in [5.41, 5.74) is 3.26. The van der Waals surface area contributed by atoms with E-state index in [1.807, 2.05) is 37.3 Å². The van der Waals surface area contributed by atoms with Gasteiger partial charge < -0.3 is 20.5 Å². The van der Waals surface area contributed by atoms with E-state index in [1.165, 1.54) is 5.01 Å². The number of carbonyl (C=O) groups is 2. The molecule has 9 nitrogen and oxygen atoms in total. The molecule has 0 bridgehead atoms. The second kappa shape index (κ2) is 11.6. The Morgan fingerprint density at radius 2 is 1.93 bits per heavy atom. The van der Waals surface area contributed by atoms with E-state index in [9.17, 15) is 9.59 Å². The van der Waals surface area contributed by atoms with Crippen molar-refractivity contribution in [3.05, 3.63) is 36.5 Å². The Labute approximate surface area is 178 Å². The van der Waals surface area contributed by atoms with Gasteiger partial charge in [-0.3, -0.25) is 5.43 Å². The van der Waals surface area contributed by atoms with E-state index in [1.54, 1.807) is 6.20 Å². The molecule has 11 heteroatoms. The van der Waals surface area contributed by atoms with Gasteiger partial charge in [-0.1, -0.05) is 37.3 Å². The second-order valence-corrected chi connectivity index (χ2v) is 6.67. The first-order valence-corrected chi connectivity index (χ1v) is 8.85. The quantitative estimate of drug-likeness (QED) is 0.301. The standard InChI is InChI=1S/C9H8N2S.C8H15N3O4.Se/c12-8-6-10-9(11-8)7-4-2-1-3-5-7;1-5-2-3-11(10-8(14)15)6(4-5)9-7(12)13;/h1-6,12H,(H,10,11);5-6,9-10H,2-4H2,1H3,(H,12,13)(H,14,15);. The number of nitrogens with zero attached hydrogens (tertiary/aromatic N) is 2. The molecule has 0 saturated carbocycles. The number of imidazole rings is 1. The Kier molecular flexibility index (Phi) is 9.88. The molecule has 1 aromatic heterocycles. The van der Waals surface area contributed by atoms with Crippen molar-refractivity contribution in [1.29, 1.82) is 0 Å². The molecule has 1 aromatic carbocycles. The molecular formula is C17H23N5O4SSe. The number of hydrazine groups is 1. The van der Waals surface area contributed by atoms with Crippen LogP contribution >= 0.6 is 12.6 Å². The molecule has 2 atom stereocenters. The number of amides is 2. The van der Waals surface area contributed by atoms with Crippen LogP contribution in [0, 0.1) is 5.92 Å². The minimum atomic E-state index is -1.18. The third-order valence-corrected chi connectivity index (χ3v) is 4.23. The van der Waals surface area contributed by atoms with E-state index < -0.39 is 18.4 Å². The average Bonchev–Trinajstić information content (AvgIpc) is 3.04. The van der Waals surface area contributed by atoms with Crippen molar-refractivity contribution in [2.24, 2.45) is 5.92 Å². The van der Waals surface area contributed by atoms with Crippen LogP contribution in [-0.2, 0) is 0 Å². The van der Waals surface area contributed by atoms with Crippen LogP contribution in [-0.4, -0.2) is 67.2 Å². The van der Waals surface area contributed by atoms with Gasteiger partial charge in [-0.05, 0) is 18.8 Å². The number of carboxylic acid groups (broad SMARTS) is 2. The van der Waals surface area contributed by atoms with Crippen LogP contribution in [0.15, 0.2) is 41.6 Å². The Balaban J connectivity index is 0.000000275. The number of piperidine rings is 1. The topological polar surface area (TPSA) is 131 Å². The van der Waals surface area contributed by atoms with Gasteiger partial charge in [0.2, 0.25) is 0 Å². The molecule has 2 unspecified atom stereocenters. The Hall–Kier alpha value is -2.20. The number of thiol groups is 1. The van der Waals surface area contributed by atoms with Crippen molar-refractivity contribution in [2.45, 2.75) is 31.0 Å². The van der Waals surface area contributed by atoms with E-state index in [0.717, 1.165) is 22.8 Å². The predicted octanol–water partition coefficient (Wildman–Crippen LogP) is 2.48. The van der Waals surface area contributed by atoms with Gasteiger partial charge in [-0.15, -0.1) is 12.6 Å². The zero-order valence-corrected chi connectivity index (χ0v) is 17.8. The second-order valence-electron chi connectivity index (χ2n) is 6.19. The average molecular weight is 472 g/mol. The minimum absolute atomic E-state index is 0. The van der Waals surface area contributed by atoms with Crippen LogP contribution in [0.25, 0.3) is 11.4 Å². The van der Waals surface area contributed by atoms with Gasteiger partial charge in [-0.25, -0.2) is 14.6 Å². The maximum Gasteiger partial charge on any atom is 0.419 e. The largest absolute Gasteiger partial charge is 0.465 e. The molecule has 5 N–H and O–H groups in total. The van der Waals surface area contributed by atoms with Crippen LogP contribution in [0.1, 0.15) is 19.8 Å². The van der Waals surface area contributed by atoms with Crippen molar-refractivity contribution >= 4 is 41.9 Å². The number of aromatic amines is 1. The first-order chi connectivity index (χ1) is 12.8. The number of hydrogen-bond acceptors (Lipinski definition) is 5. The van der Waals surface area contributed by atoms with Gasteiger partial charge in [0, 0.05) is 29.2 Å². The summed E-state index contributed by atoms with van der Waals surface area (Å²) in [7, 11) is 0. The summed E-state index contributed by atoms with van der Waals surface area (Å²) in [4.78, 5) is 28.1. The number of aromatic nitrogens is 2. The van der Waals surface area contributed by atoms with Crippen LogP contribution in [0.3, 0.4) is 0 Å². The summed E-state index contributed by atoms with van der Waals surface area (Å²) in [5, 5.41) is 21.6. The van der Waals surface area contributed by atoms with Gasteiger partial charge in [-0.2, -0.15) is 5.01 Å². The van der Waals surface area contributed by atoms with Crippen LogP contribution in [0.4, 0.5) is 9.59 Å². The molecule has 2 aromatic rings. The van der Waals surface area contributed by atoms with Crippen LogP contribution in [0.2, 0.25) is 0 Å². The van der Waals surface area contributed by atoms with Gasteiger partial charge in [0.05, 0.1) is 11.2 Å². The maximum absolute atomic E-state index is 10.5. The third-order valence-electron chi connectivity index (χ3n) is 4.00. The van der Waals surface area contributed by atoms with Gasteiger partial charge in [0.25, 0.3) is 0 Å². The van der Waals surface area contributed by atoms with Crippen LogP contribution in [0.5, 0.6) is 0 Å². The zero-order valence-electron chi connectivity index (χ0n) is 15.2.